The molecule has 56 heavy (non-hydrogen) atoms. The van der Waals surface area contributed by atoms with Crippen molar-refractivity contribution < 1.29 is 4.39 Å². The van der Waals surface area contributed by atoms with Gasteiger partial charge in [-0.3, -0.25) is 0 Å². The fourth-order valence-electron chi connectivity index (χ4n) is 8.69. The summed E-state index contributed by atoms with van der Waals surface area (Å²) < 4.78 is 15.4. The van der Waals surface area contributed by atoms with Crippen LogP contribution in [0, 0.1) is 12.7 Å². The summed E-state index contributed by atoms with van der Waals surface area (Å²) in [5.41, 5.74) is 14.6. The van der Waals surface area contributed by atoms with E-state index in [4.69, 9.17) is 0 Å². The van der Waals surface area contributed by atoms with Crippen molar-refractivity contribution in [2.75, 3.05) is 0 Å². The number of fused-ring (bicyclic) bond motifs is 3. The Morgan fingerprint density at radius 3 is 1.00 bits per heavy atom. The van der Waals surface area contributed by atoms with Gasteiger partial charge >= 0.3 is 0 Å². The third-order valence-corrected chi connectivity index (χ3v) is 11.2. The predicted molar refractivity (Wildman–Crippen MR) is 236 cm³/mol. The van der Waals surface area contributed by atoms with Crippen LogP contribution in [0.3, 0.4) is 0 Å². The quantitative estimate of drug-likeness (QED) is 0.150. The van der Waals surface area contributed by atoms with Crippen molar-refractivity contribution in [2.45, 2.75) is 6.92 Å². The Bertz CT molecular complexity index is 2840. The minimum Gasteiger partial charge on any atom is -0.207 e. The predicted octanol–water partition coefficient (Wildman–Crippen LogP) is 15.6. The lowest BCUT2D eigenvalue weighted by Crippen LogP contribution is -1.98. The second kappa shape index (κ2) is 14.0. The largest absolute Gasteiger partial charge is 0.207 e. The van der Waals surface area contributed by atoms with Crippen LogP contribution in [0.2, 0.25) is 0 Å². The Morgan fingerprint density at radius 1 is 0.268 bits per heavy atom. The number of hydrogen-bond donors (Lipinski definition) is 0. The molecule has 0 saturated heterocycles. The average molecular weight is 717 g/mol. The van der Waals surface area contributed by atoms with E-state index in [2.05, 4.69) is 195 Å². The number of aryl methyl sites for hydroxylation is 1. The zero-order valence-corrected chi connectivity index (χ0v) is 31.0. The van der Waals surface area contributed by atoms with Crippen molar-refractivity contribution in [3.63, 3.8) is 0 Å². The number of benzene rings is 10. The summed E-state index contributed by atoms with van der Waals surface area (Å²) in [6, 6.07) is 72.5. The van der Waals surface area contributed by atoms with E-state index in [1.54, 1.807) is 6.07 Å². The lowest BCUT2D eigenvalue weighted by atomic mass is 9.77. The third kappa shape index (κ3) is 5.77. The van der Waals surface area contributed by atoms with Crippen molar-refractivity contribution in [3.8, 4) is 66.8 Å². The van der Waals surface area contributed by atoms with Gasteiger partial charge in [-0.1, -0.05) is 200 Å². The molecule has 0 nitrogen and oxygen atoms in total. The van der Waals surface area contributed by atoms with E-state index in [-0.39, 0.29) is 5.82 Å². The van der Waals surface area contributed by atoms with Crippen molar-refractivity contribution in [3.05, 3.63) is 218 Å². The van der Waals surface area contributed by atoms with Crippen LogP contribution in [0.15, 0.2) is 206 Å². The molecule has 0 bridgehead atoms. The van der Waals surface area contributed by atoms with Crippen LogP contribution in [0.1, 0.15) is 5.56 Å². The van der Waals surface area contributed by atoms with Crippen molar-refractivity contribution >= 4 is 32.3 Å². The van der Waals surface area contributed by atoms with E-state index in [1.165, 1.54) is 44.8 Å². The highest BCUT2D eigenvalue weighted by atomic mass is 19.1. The van der Waals surface area contributed by atoms with Crippen LogP contribution >= 0.6 is 0 Å². The van der Waals surface area contributed by atoms with Gasteiger partial charge in [0.15, 0.2) is 0 Å². The Morgan fingerprint density at radius 2 is 0.589 bits per heavy atom. The van der Waals surface area contributed by atoms with Gasteiger partial charge < -0.3 is 0 Å². The first-order valence-electron chi connectivity index (χ1n) is 19.2. The van der Waals surface area contributed by atoms with Gasteiger partial charge in [-0.15, -0.1) is 0 Å². The molecule has 0 saturated carbocycles. The highest BCUT2D eigenvalue weighted by Crippen LogP contribution is 2.53. The lowest BCUT2D eigenvalue weighted by Gasteiger charge is -2.25. The summed E-state index contributed by atoms with van der Waals surface area (Å²) in [5.74, 6) is -0.256. The van der Waals surface area contributed by atoms with E-state index in [1.807, 2.05) is 6.07 Å². The fraction of sp³-hybridized carbons (Fsp3) is 0.0182. The summed E-state index contributed by atoms with van der Waals surface area (Å²) in [4.78, 5) is 0. The zero-order valence-electron chi connectivity index (χ0n) is 31.0. The summed E-state index contributed by atoms with van der Waals surface area (Å²) in [5, 5.41) is 6.81. The molecule has 0 radical (unpaired) electrons. The summed E-state index contributed by atoms with van der Waals surface area (Å²) in [7, 11) is 0. The normalized spacial score (nSPS) is 11.4. The molecular formula is C55H37F. The summed E-state index contributed by atoms with van der Waals surface area (Å²) in [6.45, 7) is 2.16. The summed E-state index contributed by atoms with van der Waals surface area (Å²) in [6.07, 6.45) is 0. The fourth-order valence-corrected chi connectivity index (χ4v) is 8.69. The van der Waals surface area contributed by atoms with Crippen molar-refractivity contribution in [1.29, 1.82) is 0 Å². The molecule has 0 aliphatic carbocycles. The molecule has 1 heteroatoms. The highest BCUT2D eigenvalue weighted by molar-refractivity contribution is 6.33. The zero-order chi connectivity index (χ0) is 37.6. The Hall–Kier alpha value is -7.09. The molecule has 0 spiro atoms. The van der Waals surface area contributed by atoms with E-state index in [9.17, 15) is 0 Å². The molecule has 10 rings (SSSR count). The molecule has 0 aliphatic heterocycles. The van der Waals surface area contributed by atoms with Crippen LogP contribution in [-0.2, 0) is 0 Å². The Kier molecular flexibility index (Phi) is 8.34. The topological polar surface area (TPSA) is 0 Å². The smallest absolute Gasteiger partial charge is 0.123 e. The van der Waals surface area contributed by atoms with Crippen LogP contribution < -0.4 is 0 Å². The Labute approximate surface area is 326 Å². The average Bonchev–Trinajstić information content (AvgIpc) is 3.25. The molecule has 10 aromatic rings. The maximum atomic E-state index is 15.4. The van der Waals surface area contributed by atoms with Gasteiger partial charge in [-0.25, -0.2) is 4.39 Å². The van der Waals surface area contributed by atoms with Gasteiger partial charge in [-0.2, -0.15) is 0 Å². The molecule has 0 N–H and O–H groups in total. The molecule has 0 atom stereocenters. The maximum Gasteiger partial charge on any atom is 0.123 e. The Balaban J connectivity index is 1.42. The van der Waals surface area contributed by atoms with Gasteiger partial charge in [0.25, 0.3) is 0 Å². The standard InChI is InChI=1S/C55H37F/c1-36-14-12-19-43(34-36)52-48-24-10-11-25-49(48)53(44-20-13-21-45(56)35-44)55-51(42-32-28-40(29-33-42)38-17-6-3-7-18-38)47-23-9-8-22-46(47)50(54(52)55)41-30-26-39(27-31-41)37-15-4-2-5-16-37/h2-35H,1H3. The van der Waals surface area contributed by atoms with Crippen LogP contribution in [0.25, 0.3) is 99.1 Å². The van der Waals surface area contributed by atoms with Crippen LogP contribution in [-0.4, -0.2) is 0 Å². The van der Waals surface area contributed by atoms with Gasteiger partial charge in [0, 0.05) is 0 Å². The maximum absolute atomic E-state index is 15.4. The van der Waals surface area contributed by atoms with Gasteiger partial charge in [0.05, 0.1) is 0 Å². The number of rotatable bonds is 6. The van der Waals surface area contributed by atoms with Crippen LogP contribution in [0.5, 0.6) is 0 Å². The third-order valence-electron chi connectivity index (χ3n) is 11.2. The van der Waals surface area contributed by atoms with Crippen LogP contribution in [0.4, 0.5) is 4.39 Å². The first-order chi connectivity index (χ1) is 27.6. The second-order valence-corrected chi connectivity index (χ2v) is 14.6. The van der Waals surface area contributed by atoms with Crippen molar-refractivity contribution in [2.24, 2.45) is 0 Å². The first-order valence-corrected chi connectivity index (χ1v) is 19.2. The minimum absolute atomic E-state index is 0.256. The van der Waals surface area contributed by atoms with E-state index in [0.717, 1.165) is 65.9 Å². The van der Waals surface area contributed by atoms with Gasteiger partial charge in [0.1, 0.15) is 5.82 Å². The lowest BCUT2D eigenvalue weighted by molar-refractivity contribution is 0.628. The van der Waals surface area contributed by atoms with Gasteiger partial charge in [0.2, 0.25) is 0 Å². The monoisotopic (exact) mass is 716 g/mol. The second-order valence-electron chi connectivity index (χ2n) is 14.6. The van der Waals surface area contributed by atoms with E-state index < -0.39 is 0 Å². The van der Waals surface area contributed by atoms with Gasteiger partial charge in [-0.05, 0) is 118 Å². The molecule has 0 fully saturated rings. The SMILES string of the molecule is Cc1cccc(-c2c3ccccc3c(-c3cccc(F)c3)c3c(-c4ccc(-c5ccccc5)cc4)c4ccccc4c(-c4ccc(-c5ccccc5)cc4)c23)c1. The molecular weight excluding hydrogens is 680 g/mol. The molecule has 264 valence electrons. The molecule has 0 aliphatic rings. The highest BCUT2D eigenvalue weighted by Gasteiger charge is 2.26. The number of halogens is 1. The number of hydrogen-bond acceptors (Lipinski definition) is 0. The van der Waals surface area contributed by atoms with E-state index in [0.29, 0.717) is 0 Å². The molecule has 0 aromatic heterocycles. The first kappa shape index (κ1) is 33.5. The van der Waals surface area contributed by atoms with Crippen molar-refractivity contribution in [1.82, 2.24) is 0 Å². The molecule has 10 aromatic carbocycles. The molecule has 0 unspecified atom stereocenters. The molecule has 0 amide bonds. The van der Waals surface area contributed by atoms with E-state index >= 15 is 4.39 Å². The molecule has 0 heterocycles. The summed E-state index contributed by atoms with van der Waals surface area (Å²) >= 11 is 0. The minimum atomic E-state index is -0.256.